The summed E-state index contributed by atoms with van der Waals surface area (Å²) in [6.07, 6.45) is 0.876. The third-order valence-electron chi connectivity index (χ3n) is 4.60. The topological polar surface area (TPSA) is 46.3 Å². The molecule has 26 heavy (non-hydrogen) atoms. The van der Waals surface area contributed by atoms with E-state index in [4.69, 9.17) is 4.42 Å². The molecule has 1 atom stereocenters. The Kier molecular flexibility index (Phi) is 5.52. The maximum atomic E-state index is 13.2. The van der Waals surface area contributed by atoms with Crippen LogP contribution in [0.5, 0.6) is 0 Å². The molecule has 0 saturated heterocycles. The van der Waals surface area contributed by atoms with E-state index in [0.29, 0.717) is 23.9 Å². The van der Waals surface area contributed by atoms with E-state index in [9.17, 15) is 4.79 Å². The number of aromatic nitrogens is 1. The van der Waals surface area contributed by atoms with E-state index < -0.39 is 0 Å². The summed E-state index contributed by atoms with van der Waals surface area (Å²) in [5.41, 5.74) is 2.36. The molecule has 3 rings (SSSR count). The maximum absolute atomic E-state index is 13.2. The zero-order valence-electron chi connectivity index (χ0n) is 15.5. The predicted octanol–water partition coefficient (Wildman–Crippen LogP) is 5.09. The van der Waals surface area contributed by atoms with Gasteiger partial charge in [-0.25, -0.2) is 4.98 Å². The summed E-state index contributed by atoms with van der Waals surface area (Å²) in [6.45, 7) is 6.50. The van der Waals surface area contributed by atoms with E-state index in [1.807, 2.05) is 65.6 Å². The fraction of sp³-hybridized carbons (Fsp3) is 0.273. The summed E-state index contributed by atoms with van der Waals surface area (Å²) < 4.78 is 5.78. The van der Waals surface area contributed by atoms with Crippen molar-refractivity contribution < 1.29 is 9.21 Å². The lowest BCUT2D eigenvalue weighted by Gasteiger charge is -2.28. The lowest BCUT2D eigenvalue weighted by molar-refractivity contribution is 0.0664. The highest BCUT2D eigenvalue weighted by Gasteiger charge is 2.26. The molecule has 0 spiro atoms. The zero-order valence-corrected chi connectivity index (χ0v) is 15.5. The van der Waals surface area contributed by atoms with Crippen LogP contribution in [0.4, 0.5) is 0 Å². The van der Waals surface area contributed by atoms with Gasteiger partial charge in [-0.2, -0.15) is 0 Å². The number of rotatable bonds is 6. The van der Waals surface area contributed by atoms with Crippen molar-refractivity contribution in [3.63, 3.8) is 0 Å². The van der Waals surface area contributed by atoms with Crippen molar-refractivity contribution in [3.8, 4) is 11.5 Å². The lowest BCUT2D eigenvalue weighted by Crippen LogP contribution is -2.38. The van der Waals surface area contributed by atoms with Crippen LogP contribution in [0.25, 0.3) is 11.5 Å². The van der Waals surface area contributed by atoms with Crippen LogP contribution in [0.15, 0.2) is 65.1 Å². The van der Waals surface area contributed by atoms with Crippen molar-refractivity contribution in [2.75, 3.05) is 0 Å². The van der Waals surface area contributed by atoms with Gasteiger partial charge >= 0.3 is 0 Å². The number of amides is 1. The van der Waals surface area contributed by atoms with Gasteiger partial charge in [0.1, 0.15) is 5.76 Å². The molecule has 4 nitrogen and oxygen atoms in total. The van der Waals surface area contributed by atoms with Gasteiger partial charge in [-0.05, 0) is 38.0 Å². The van der Waals surface area contributed by atoms with Crippen LogP contribution >= 0.6 is 0 Å². The average molecular weight is 348 g/mol. The summed E-state index contributed by atoms with van der Waals surface area (Å²) in [7, 11) is 0. The number of nitrogens with zero attached hydrogens (tertiary/aromatic N) is 2. The lowest BCUT2D eigenvalue weighted by atomic mass is 10.1. The Bertz CT molecular complexity index is 856. The highest BCUT2D eigenvalue weighted by atomic mass is 16.4. The Morgan fingerprint density at radius 2 is 1.69 bits per heavy atom. The van der Waals surface area contributed by atoms with Crippen LogP contribution in [-0.4, -0.2) is 21.8 Å². The minimum atomic E-state index is -0.0911. The maximum Gasteiger partial charge on any atom is 0.276 e. The average Bonchev–Trinajstić information content (AvgIpc) is 3.08. The first-order valence-electron chi connectivity index (χ1n) is 8.98. The minimum absolute atomic E-state index is 0.0911. The van der Waals surface area contributed by atoms with Crippen molar-refractivity contribution in [1.29, 1.82) is 0 Å². The summed E-state index contributed by atoms with van der Waals surface area (Å²) in [5.74, 6) is 0.942. The van der Waals surface area contributed by atoms with E-state index in [0.717, 1.165) is 17.5 Å². The first-order valence-corrected chi connectivity index (χ1v) is 8.98. The van der Waals surface area contributed by atoms with Crippen molar-refractivity contribution in [3.05, 3.63) is 77.7 Å². The number of carbonyl (C=O) groups excluding carboxylic acids is 1. The molecule has 0 radical (unpaired) electrons. The van der Waals surface area contributed by atoms with E-state index in [1.54, 1.807) is 6.92 Å². The van der Waals surface area contributed by atoms with Crippen LogP contribution < -0.4 is 0 Å². The van der Waals surface area contributed by atoms with Gasteiger partial charge in [0.15, 0.2) is 5.69 Å². The van der Waals surface area contributed by atoms with Gasteiger partial charge in [0.05, 0.1) is 0 Å². The molecule has 1 amide bonds. The molecule has 4 heteroatoms. The van der Waals surface area contributed by atoms with Gasteiger partial charge in [0, 0.05) is 18.2 Å². The summed E-state index contributed by atoms with van der Waals surface area (Å²) in [6, 6.07) is 19.8. The molecule has 2 aromatic carbocycles. The number of benzene rings is 2. The van der Waals surface area contributed by atoms with Crippen LogP contribution in [0.2, 0.25) is 0 Å². The molecule has 0 aliphatic carbocycles. The molecule has 134 valence electrons. The molecule has 0 bridgehead atoms. The van der Waals surface area contributed by atoms with Crippen LogP contribution in [0.3, 0.4) is 0 Å². The molecule has 0 aliphatic rings. The molecule has 0 saturated carbocycles. The third kappa shape index (κ3) is 3.85. The largest absolute Gasteiger partial charge is 0.441 e. The molecular weight excluding hydrogens is 324 g/mol. The van der Waals surface area contributed by atoms with E-state index in [-0.39, 0.29) is 11.9 Å². The fourth-order valence-corrected chi connectivity index (χ4v) is 2.86. The Morgan fingerprint density at radius 3 is 2.31 bits per heavy atom. The fourth-order valence-electron chi connectivity index (χ4n) is 2.86. The van der Waals surface area contributed by atoms with E-state index in [1.165, 1.54) is 0 Å². The van der Waals surface area contributed by atoms with Crippen LogP contribution in [0, 0.1) is 6.92 Å². The Hall–Kier alpha value is -2.88. The number of aryl methyl sites for hydroxylation is 1. The number of carbonyl (C=O) groups is 1. The Morgan fingerprint density at radius 1 is 1.08 bits per heavy atom. The van der Waals surface area contributed by atoms with Gasteiger partial charge in [0.2, 0.25) is 5.89 Å². The molecule has 0 fully saturated rings. The van der Waals surface area contributed by atoms with Gasteiger partial charge in [-0.15, -0.1) is 0 Å². The standard InChI is InChI=1S/C22H24N2O2/c1-4-16(2)24(15-18-11-7-5-8-12-18)22(25)20-17(3)26-21(23-20)19-13-9-6-10-14-19/h5-14,16H,4,15H2,1-3H3. The molecule has 0 N–H and O–H groups in total. The smallest absolute Gasteiger partial charge is 0.276 e. The summed E-state index contributed by atoms with van der Waals surface area (Å²) in [4.78, 5) is 19.6. The second kappa shape index (κ2) is 8.00. The summed E-state index contributed by atoms with van der Waals surface area (Å²) >= 11 is 0. The van der Waals surface area contributed by atoms with Crippen LogP contribution in [0.1, 0.15) is 42.1 Å². The van der Waals surface area contributed by atoms with Crippen LogP contribution in [-0.2, 0) is 6.54 Å². The molecular formula is C22H24N2O2. The molecule has 0 aliphatic heterocycles. The molecule has 3 aromatic rings. The number of hydrogen-bond donors (Lipinski definition) is 0. The first kappa shape index (κ1) is 17.9. The monoisotopic (exact) mass is 348 g/mol. The van der Waals surface area contributed by atoms with Crippen molar-refractivity contribution in [2.24, 2.45) is 0 Å². The predicted molar refractivity (Wildman–Crippen MR) is 103 cm³/mol. The highest BCUT2D eigenvalue weighted by molar-refractivity contribution is 5.94. The first-order chi connectivity index (χ1) is 12.6. The second-order valence-electron chi connectivity index (χ2n) is 6.47. The Labute approximate surface area is 154 Å². The molecule has 1 unspecified atom stereocenters. The zero-order chi connectivity index (χ0) is 18.5. The van der Waals surface area contributed by atoms with E-state index in [2.05, 4.69) is 18.8 Å². The highest BCUT2D eigenvalue weighted by Crippen LogP contribution is 2.24. The van der Waals surface area contributed by atoms with Gasteiger partial charge in [-0.1, -0.05) is 55.5 Å². The normalized spacial score (nSPS) is 12.0. The second-order valence-corrected chi connectivity index (χ2v) is 6.47. The van der Waals surface area contributed by atoms with Crippen molar-refractivity contribution in [2.45, 2.75) is 39.8 Å². The van der Waals surface area contributed by atoms with Crippen molar-refractivity contribution in [1.82, 2.24) is 9.88 Å². The van der Waals surface area contributed by atoms with Gasteiger partial charge < -0.3 is 9.32 Å². The Balaban J connectivity index is 1.90. The van der Waals surface area contributed by atoms with E-state index >= 15 is 0 Å². The van der Waals surface area contributed by atoms with Gasteiger partial charge in [-0.3, -0.25) is 4.79 Å². The third-order valence-corrected chi connectivity index (χ3v) is 4.60. The SMILES string of the molecule is CCC(C)N(Cc1ccccc1)C(=O)c1nc(-c2ccccc2)oc1C. The number of oxazole rings is 1. The minimum Gasteiger partial charge on any atom is -0.441 e. The summed E-state index contributed by atoms with van der Waals surface area (Å²) in [5, 5.41) is 0. The molecule has 1 aromatic heterocycles. The molecule has 1 heterocycles. The van der Waals surface area contributed by atoms with Gasteiger partial charge in [0.25, 0.3) is 5.91 Å². The quantitative estimate of drug-likeness (QED) is 0.623. The number of hydrogen-bond acceptors (Lipinski definition) is 3. The van der Waals surface area contributed by atoms with Crippen molar-refractivity contribution >= 4 is 5.91 Å².